The average Bonchev–Trinajstić information content (AvgIpc) is 2.72. The van der Waals surface area contributed by atoms with Crippen LogP contribution in [0, 0.1) is 0 Å². The van der Waals surface area contributed by atoms with Crippen molar-refractivity contribution in [3.8, 4) is 11.3 Å². The Morgan fingerprint density at radius 2 is 1.90 bits per heavy atom. The highest BCUT2D eigenvalue weighted by Gasteiger charge is 2.40. The van der Waals surface area contributed by atoms with Crippen molar-refractivity contribution in [2.24, 2.45) is 0 Å². The van der Waals surface area contributed by atoms with Gasteiger partial charge in [0, 0.05) is 37.9 Å². The highest BCUT2D eigenvalue weighted by molar-refractivity contribution is 5.89. The first-order chi connectivity index (χ1) is 14.3. The van der Waals surface area contributed by atoms with Gasteiger partial charge in [0.05, 0.1) is 16.8 Å². The van der Waals surface area contributed by atoms with Crippen LogP contribution in [0.15, 0.2) is 24.4 Å². The van der Waals surface area contributed by atoms with Gasteiger partial charge in [-0.25, -0.2) is 23.5 Å². The van der Waals surface area contributed by atoms with Gasteiger partial charge in [0.1, 0.15) is 11.6 Å². The highest BCUT2D eigenvalue weighted by Crippen LogP contribution is 2.44. The first kappa shape index (κ1) is 20.3. The van der Waals surface area contributed by atoms with E-state index in [0.717, 1.165) is 18.3 Å². The maximum atomic E-state index is 13.7. The SMILES string of the molecule is O=C1Nc2nccc(-c3nc(N4CCNCC4)ccc3C(F)(F)F)c2[C@H](C(F)F)O1. The lowest BCUT2D eigenvalue weighted by molar-refractivity contribution is -0.137. The minimum atomic E-state index is -4.78. The van der Waals surface area contributed by atoms with Gasteiger partial charge >= 0.3 is 12.3 Å². The van der Waals surface area contributed by atoms with Gasteiger partial charge in [-0.2, -0.15) is 13.2 Å². The first-order valence-corrected chi connectivity index (χ1v) is 9.04. The second-order valence-corrected chi connectivity index (χ2v) is 6.71. The molecule has 0 aromatic carbocycles. The Kier molecular flexibility index (Phi) is 5.18. The molecule has 2 aromatic heterocycles. The van der Waals surface area contributed by atoms with Gasteiger partial charge < -0.3 is 15.0 Å². The molecule has 160 valence electrons. The molecule has 7 nitrogen and oxygen atoms in total. The van der Waals surface area contributed by atoms with Crippen molar-refractivity contribution in [2.75, 3.05) is 36.4 Å². The number of aromatic nitrogens is 2. The quantitative estimate of drug-likeness (QED) is 0.728. The summed E-state index contributed by atoms with van der Waals surface area (Å²) in [6.45, 7) is 2.34. The molecule has 1 atom stereocenters. The molecule has 1 saturated heterocycles. The number of carbonyl (C=O) groups excluding carboxylic acids is 1. The maximum absolute atomic E-state index is 13.7. The molecule has 4 heterocycles. The summed E-state index contributed by atoms with van der Waals surface area (Å²) < 4.78 is 73.0. The van der Waals surface area contributed by atoms with E-state index in [0.29, 0.717) is 32.0 Å². The van der Waals surface area contributed by atoms with Crippen LogP contribution in [0.1, 0.15) is 17.2 Å². The molecule has 0 unspecified atom stereocenters. The fourth-order valence-electron chi connectivity index (χ4n) is 3.50. The molecule has 2 aliphatic heterocycles. The molecular formula is C18H16F5N5O2. The second-order valence-electron chi connectivity index (χ2n) is 6.71. The molecular weight excluding hydrogens is 413 g/mol. The van der Waals surface area contributed by atoms with Crippen LogP contribution in [0.2, 0.25) is 0 Å². The van der Waals surface area contributed by atoms with E-state index in [9.17, 15) is 26.7 Å². The van der Waals surface area contributed by atoms with Gasteiger partial charge in [-0.15, -0.1) is 0 Å². The number of piperazine rings is 1. The van der Waals surface area contributed by atoms with Gasteiger partial charge in [0.2, 0.25) is 0 Å². The zero-order chi connectivity index (χ0) is 21.5. The lowest BCUT2D eigenvalue weighted by Gasteiger charge is -2.30. The molecule has 0 radical (unpaired) electrons. The lowest BCUT2D eigenvalue weighted by Crippen LogP contribution is -2.44. The number of nitrogens with one attached hydrogen (secondary N) is 2. The molecule has 1 amide bonds. The van der Waals surface area contributed by atoms with Crippen molar-refractivity contribution in [2.45, 2.75) is 18.7 Å². The van der Waals surface area contributed by atoms with Crippen molar-refractivity contribution in [3.63, 3.8) is 0 Å². The Bertz CT molecular complexity index is 962. The van der Waals surface area contributed by atoms with E-state index in [2.05, 4.69) is 25.3 Å². The smallest absolute Gasteiger partial charge is 0.418 e. The van der Waals surface area contributed by atoms with Crippen LogP contribution in [0.3, 0.4) is 0 Å². The number of rotatable bonds is 3. The third kappa shape index (κ3) is 3.74. The molecule has 12 heteroatoms. The summed E-state index contributed by atoms with van der Waals surface area (Å²) >= 11 is 0. The number of nitrogens with zero attached hydrogens (tertiary/aromatic N) is 3. The molecule has 0 bridgehead atoms. The van der Waals surface area contributed by atoms with Crippen LogP contribution in [-0.4, -0.2) is 48.7 Å². The number of fused-ring (bicyclic) bond motifs is 1. The number of alkyl halides is 5. The number of carbonyl (C=O) groups is 1. The second kappa shape index (κ2) is 7.67. The standard InChI is InChI=1S/C18H16F5N5O2/c19-15(20)14-12-9(3-4-25-16(12)27-17(29)30-14)13-10(18(21,22)23)1-2-11(26-13)28-7-5-24-6-8-28/h1-4,14-15,24H,5-8H2,(H,25,27,29)/t14-/m1/s1. The predicted molar refractivity (Wildman–Crippen MR) is 96.4 cm³/mol. The Morgan fingerprint density at radius 3 is 2.57 bits per heavy atom. The number of hydrogen-bond donors (Lipinski definition) is 2. The normalized spacial score (nSPS) is 19.3. The van der Waals surface area contributed by atoms with Crippen LogP contribution < -0.4 is 15.5 Å². The van der Waals surface area contributed by atoms with E-state index in [1.807, 2.05) is 0 Å². The number of ether oxygens (including phenoxy) is 1. The van der Waals surface area contributed by atoms with Crippen LogP contribution >= 0.6 is 0 Å². The number of pyridine rings is 2. The number of hydrogen-bond acceptors (Lipinski definition) is 6. The number of cyclic esters (lactones) is 1. The highest BCUT2D eigenvalue weighted by atomic mass is 19.4. The third-order valence-corrected chi connectivity index (χ3v) is 4.84. The molecule has 30 heavy (non-hydrogen) atoms. The van der Waals surface area contributed by atoms with Crippen LogP contribution in [0.4, 0.5) is 38.4 Å². The lowest BCUT2D eigenvalue weighted by atomic mass is 9.96. The van der Waals surface area contributed by atoms with E-state index < -0.39 is 36.1 Å². The molecule has 2 aromatic rings. The Balaban J connectivity index is 1.91. The van der Waals surface area contributed by atoms with Crippen molar-refractivity contribution in [1.29, 1.82) is 0 Å². The molecule has 2 aliphatic rings. The van der Waals surface area contributed by atoms with E-state index in [1.54, 1.807) is 4.90 Å². The summed E-state index contributed by atoms with van der Waals surface area (Å²) in [6, 6.07) is 3.30. The van der Waals surface area contributed by atoms with Gasteiger partial charge in [-0.05, 0) is 18.2 Å². The third-order valence-electron chi connectivity index (χ3n) is 4.84. The van der Waals surface area contributed by atoms with E-state index >= 15 is 0 Å². The average molecular weight is 429 g/mol. The topological polar surface area (TPSA) is 79.4 Å². The van der Waals surface area contributed by atoms with Gasteiger partial charge in [-0.1, -0.05) is 0 Å². The minimum absolute atomic E-state index is 0.227. The minimum Gasteiger partial charge on any atom is -0.435 e. The van der Waals surface area contributed by atoms with Gasteiger partial charge in [-0.3, -0.25) is 5.32 Å². The van der Waals surface area contributed by atoms with Crippen LogP contribution in [-0.2, 0) is 10.9 Å². The van der Waals surface area contributed by atoms with Crippen LogP contribution in [0.5, 0.6) is 0 Å². The van der Waals surface area contributed by atoms with Crippen LogP contribution in [0.25, 0.3) is 11.3 Å². The van der Waals surface area contributed by atoms with Crippen molar-refractivity contribution < 1.29 is 31.5 Å². The predicted octanol–water partition coefficient (Wildman–Crippen LogP) is 3.44. The fraction of sp³-hybridized carbons (Fsp3) is 0.389. The van der Waals surface area contributed by atoms with E-state index in [-0.39, 0.29) is 16.9 Å². The zero-order valence-electron chi connectivity index (χ0n) is 15.3. The van der Waals surface area contributed by atoms with Crippen molar-refractivity contribution in [1.82, 2.24) is 15.3 Å². The van der Waals surface area contributed by atoms with E-state index in [4.69, 9.17) is 0 Å². The zero-order valence-corrected chi connectivity index (χ0v) is 15.3. The van der Waals surface area contributed by atoms with E-state index in [1.165, 1.54) is 6.07 Å². The molecule has 2 N–H and O–H groups in total. The molecule has 0 spiro atoms. The summed E-state index contributed by atoms with van der Waals surface area (Å²) in [5.41, 5.74) is -2.18. The Hall–Kier alpha value is -3.02. The van der Waals surface area contributed by atoms with Gasteiger partial charge in [0.25, 0.3) is 6.43 Å². The Labute approximate surface area is 167 Å². The first-order valence-electron chi connectivity index (χ1n) is 9.04. The molecule has 4 rings (SSSR count). The number of amides is 1. The summed E-state index contributed by atoms with van der Waals surface area (Å²) in [5.74, 6) is 0.0102. The number of halogens is 5. The fourth-order valence-corrected chi connectivity index (χ4v) is 3.50. The summed E-state index contributed by atoms with van der Waals surface area (Å²) in [6.07, 6.45) is -10.0. The largest absolute Gasteiger partial charge is 0.435 e. The Morgan fingerprint density at radius 1 is 1.17 bits per heavy atom. The molecule has 0 saturated carbocycles. The molecule has 0 aliphatic carbocycles. The maximum Gasteiger partial charge on any atom is 0.418 e. The van der Waals surface area contributed by atoms with Crippen molar-refractivity contribution in [3.05, 3.63) is 35.5 Å². The van der Waals surface area contributed by atoms with Crippen molar-refractivity contribution >= 4 is 17.7 Å². The monoisotopic (exact) mass is 429 g/mol. The summed E-state index contributed by atoms with van der Waals surface area (Å²) in [7, 11) is 0. The molecule has 1 fully saturated rings. The summed E-state index contributed by atoms with van der Waals surface area (Å²) in [5, 5.41) is 5.29. The van der Waals surface area contributed by atoms with Gasteiger partial charge in [0.15, 0.2) is 6.10 Å². The summed E-state index contributed by atoms with van der Waals surface area (Å²) in [4.78, 5) is 21.4. The number of anilines is 2.